The first-order valence-electron chi connectivity index (χ1n) is 23.3. The molecule has 4 aromatic heterocycles. The van der Waals surface area contributed by atoms with E-state index < -0.39 is 0 Å². The predicted molar refractivity (Wildman–Crippen MR) is 287 cm³/mol. The third-order valence-electron chi connectivity index (χ3n) is 14.5. The summed E-state index contributed by atoms with van der Waals surface area (Å²) in [4.78, 5) is 4.26. The Labute approximate surface area is 399 Å². The summed E-state index contributed by atoms with van der Waals surface area (Å²) in [6.07, 6.45) is 0. The van der Waals surface area contributed by atoms with Gasteiger partial charge in [0, 0.05) is 43.1 Å². The van der Waals surface area contributed by atoms with E-state index in [4.69, 9.17) is 15.4 Å². The van der Waals surface area contributed by atoms with E-state index in [1.165, 1.54) is 0 Å². The van der Waals surface area contributed by atoms with Crippen molar-refractivity contribution in [1.82, 2.24) is 9.13 Å². The second-order valence-electron chi connectivity index (χ2n) is 18.2. The highest BCUT2D eigenvalue weighted by Gasteiger charge is 2.24. The molecule has 6 heteroatoms. The van der Waals surface area contributed by atoms with Gasteiger partial charge in [-0.1, -0.05) is 121 Å². The smallest absolute Gasteiger partial charge is 0.212 e. The average Bonchev–Trinajstić information content (AvgIpc) is 4.17. The average molecular weight is 891 g/mol. The van der Waals surface area contributed by atoms with Gasteiger partial charge in [0.2, 0.25) is 5.69 Å². The van der Waals surface area contributed by atoms with Crippen LogP contribution in [0, 0.1) is 17.9 Å². The van der Waals surface area contributed by atoms with Crippen LogP contribution < -0.4 is 0 Å². The molecule has 0 spiro atoms. The predicted octanol–water partition coefficient (Wildman–Crippen LogP) is 17.7. The Morgan fingerprint density at radius 3 is 1.29 bits per heavy atom. The first-order chi connectivity index (χ1) is 34.6. The molecular weight excluding hydrogens is 857 g/mol. The summed E-state index contributed by atoms with van der Waals surface area (Å²) in [5.74, 6) is 0. The Hall–Kier alpha value is -9.88. The van der Waals surface area contributed by atoms with Crippen molar-refractivity contribution >= 4 is 115 Å². The molecule has 15 aromatic rings. The molecule has 0 saturated carbocycles. The summed E-state index contributed by atoms with van der Waals surface area (Å²) in [7, 11) is 0. The van der Waals surface area contributed by atoms with Crippen LogP contribution in [0.4, 0.5) is 5.69 Å². The maximum atomic E-state index is 11.2. The van der Waals surface area contributed by atoms with Crippen molar-refractivity contribution in [2.24, 2.45) is 0 Å². The molecule has 70 heavy (non-hydrogen) atoms. The number of nitrogens with zero attached hydrogens (tertiary/aromatic N) is 4. The van der Waals surface area contributed by atoms with Crippen molar-refractivity contribution in [3.63, 3.8) is 0 Å². The van der Waals surface area contributed by atoms with Gasteiger partial charge < -0.3 is 18.0 Å². The van der Waals surface area contributed by atoms with Gasteiger partial charge in [-0.25, -0.2) is 4.85 Å². The van der Waals surface area contributed by atoms with Crippen LogP contribution >= 0.6 is 0 Å². The molecule has 0 saturated heterocycles. The molecule has 11 aromatic carbocycles. The van der Waals surface area contributed by atoms with Crippen molar-refractivity contribution in [2.75, 3.05) is 0 Å². The molecule has 0 atom stereocenters. The van der Waals surface area contributed by atoms with Gasteiger partial charge in [-0.2, -0.15) is 5.26 Å². The molecule has 0 fully saturated rings. The van der Waals surface area contributed by atoms with Crippen molar-refractivity contribution in [2.45, 2.75) is 0 Å². The monoisotopic (exact) mass is 890 g/mol. The molecule has 0 aliphatic carbocycles. The van der Waals surface area contributed by atoms with Gasteiger partial charge in [0.15, 0.2) is 0 Å². The molecule has 0 amide bonds. The number of hydrogen-bond donors (Lipinski definition) is 0. The topological polar surface area (TPSA) is 64.3 Å². The van der Waals surface area contributed by atoms with Crippen LogP contribution in [0.2, 0.25) is 0 Å². The number of benzene rings is 11. The number of fused-ring (bicyclic) bond motifs is 16. The minimum absolute atomic E-state index is 0.440. The highest BCUT2D eigenvalue weighted by molar-refractivity contribution is 6.24. The minimum Gasteiger partial charge on any atom is -0.456 e. The van der Waals surface area contributed by atoms with Crippen molar-refractivity contribution < 1.29 is 8.83 Å². The maximum absolute atomic E-state index is 11.2. The fourth-order valence-electron chi connectivity index (χ4n) is 11.4. The Kier molecular flexibility index (Phi) is 7.82. The first-order valence-corrected chi connectivity index (χ1v) is 23.3. The van der Waals surface area contributed by atoms with Crippen molar-refractivity contribution in [3.05, 3.63) is 223 Å². The van der Waals surface area contributed by atoms with Crippen LogP contribution in [-0.4, -0.2) is 9.13 Å². The third-order valence-corrected chi connectivity index (χ3v) is 14.5. The number of rotatable bonds is 4. The number of nitriles is 1. The van der Waals surface area contributed by atoms with Crippen LogP contribution in [0.5, 0.6) is 0 Å². The molecule has 0 radical (unpaired) electrons. The Morgan fingerprint density at radius 1 is 0.371 bits per heavy atom. The zero-order valence-corrected chi connectivity index (χ0v) is 37.2. The van der Waals surface area contributed by atoms with Gasteiger partial charge in [-0.15, -0.1) is 0 Å². The van der Waals surface area contributed by atoms with E-state index in [1.807, 2.05) is 48.5 Å². The molecule has 0 aliphatic rings. The number of aromatic nitrogens is 2. The highest BCUT2D eigenvalue weighted by atomic mass is 16.3. The highest BCUT2D eigenvalue weighted by Crippen LogP contribution is 2.45. The second-order valence-corrected chi connectivity index (χ2v) is 18.2. The van der Waals surface area contributed by atoms with E-state index in [-0.39, 0.29) is 0 Å². The van der Waals surface area contributed by atoms with Crippen LogP contribution in [0.25, 0.3) is 148 Å². The third kappa shape index (κ3) is 5.36. The van der Waals surface area contributed by atoms with Crippen LogP contribution in [0.1, 0.15) is 5.56 Å². The number of hydrogen-bond acceptors (Lipinski definition) is 3. The molecule has 15 rings (SSSR count). The van der Waals surface area contributed by atoms with E-state index in [2.05, 4.69) is 178 Å². The number of furan rings is 2. The molecule has 0 aliphatic heterocycles. The lowest BCUT2D eigenvalue weighted by Gasteiger charge is -2.16. The van der Waals surface area contributed by atoms with Crippen LogP contribution in [-0.2, 0) is 0 Å². The normalized spacial score (nSPS) is 12.0. The molecule has 6 nitrogen and oxygen atoms in total. The lowest BCUT2D eigenvalue weighted by molar-refractivity contribution is 0.668. The molecule has 0 bridgehead atoms. The van der Waals surface area contributed by atoms with Crippen LogP contribution in [0.15, 0.2) is 215 Å². The van der Waals surface area contributed by atoms with Crippen molar-refractivity contribution in [3.8, 4) is 39.7 Å². The first kappa shape index (κ1) is 38.2. The lowest BCUT2D eigenvalue weighted by atomic mass is 9.99. The maximum Gasteiger partial charge on any atom is 0.212 e. The molecule has 0 unspecified atom stereocenters. The largest absolute Gasteiger partial charge is 0.456 e. The Bertz CT molecular complexity index is 4560. The van der Waals surface area contributed by atoms with E-state index in [0.29, 0.717) is 22.6 Å². The lowest BCUT2D eigenvalue weighted by Crippen LogP contribution is -2.01. The quantitative estimate of drug-likeness (QED) is 0.165. The summed E-state index contributed by atoms with van der Waals surface area (Å²) >= 11 is 0. The van der Waals surface area contributed by atoms with E-state index in [1.54, 1.807) is 0 Å². The molecule has 322 valence electrons. The Morgan fingerprint density at radius 2 is 0.786 bits per heavy atom. The van der Waals surface area contributed by atoms with Gasteiger partial charge in [0.25, 0.3) is 0 Å². The van der Waals surface area contributed by atoms with E-state index in [0.717, 1.165) is 131 Å². The van der Waals surface area contributed by atoms with Gasteiger partial charge in [-0.05, 0) is 129 Å². The molecular formula is C64H34N4O2. The molecule has 4 heterocycles. The summed E-state index contributed by atoms with van der Waals surface area (Å²) in [5, 5.41) is 24.4. The zero-order valence-electron chi connectivity index (χ0n) is 37.2. The van der Waals surface area contributed by atoms with Gasteiger partial charge >= 0.3 is 0 Å². The zero-order chi connectivity index (χ0) is 46.2. The minimum atomic E-state index is 0.440. The van der Waals surface area contributed by atoms with E-state index in [9.17, 15) is 5.26 Å². The van der Waals surface area contributed by atoms with Gasteiger partial charge in [0.1, 0.15) is 28.4 Å². The Balaban J connectivity index is 0.951. The summed E-state index contributed by atoms with van der Waals surface area (Å²) < 4.78 is 16.7. The van der Waals surface area contributed by atoms with Gasteiger partial charge in [-0.3, -0.25) is 0 Å². The fourth-order valence-corrected chi connectivity index (χ4v) is 11.4. The SMILES string of the molecule is [C-]#[N+]c1cc(-n2c3ccc(-c4ccc5oc6ccccc6c5c4)cc3c3c4ccccc4ccc32)c(C#N)cc1-n1c2ccc(-c3ccc4oc5ccccc5c4c3)cc2c2c3ccccc3ccc21. The standard InChI is InChI=1S/C64H34N4O2/c1-66-52-35-57(67-53-24-20-39(32-50(53)63-44-12-4-2-10-37(44)18-26-55(63)67)41-22-28-61-48(30-41)46-14-6-8-16-59(46)69-61)43(36-65)34-58(52)68-54-25-21-40(33-51(54)64-45-13-5-3-11-38(45)19-27-56(64)68)42-23-29-62-49(31-42)47-15-7-9-17-60(47)70-62/h2-35H. The summed E-state index contributed by atoms with van der Waals surface area (Å²) in [5.41, 5.74) is 13.8. The van der Waals surface area contributed by atoms with Crippen LogP contribution in [0.3, 0.4) is 0 Å². The van der Waals surface area contributed by atoms with E-state index >= 15 is 0 Å². The second kappa shape index (κ2) is 14.3. The summed E-state index contributed by atoms with van der Waals surface area (Å²) in [6, 6.07) is 74.2. The van der Waals surface area contributed by atoms with Crippen molar-refractivity contribution in [1.29, 1.82) is 5.26 Å². The summed E-state index contributed by atoms with van der Waals surface area (Å²) in [6.45, 7) is 8.80. The van der Waals surface area contributed by atoms with Gasteiger partial charge in [0.05, 0.1) is 45.6 Å². The number of para-hydroxylation sites is 2. The fraction of sp³-hybridized carbons (Fsp3) is 0. The molecule has 0 N–H and O–H groups in total.